The van der Waals surface area contributed by atoms with E-state index < -0.39 is 0 Å². The van der Waals surface area contributed by atoms with E-state index >= 15 is 0 Å². The number of benzene rings is 1. The average Bonchev–Trinajstić information content (AvgIpc) is 3.22. The Bertz CT molecular complexity index is 680. The summed E-state index contributed by atoms with van der Waals surface area (Å²) in [4.78, 5) is 26.7. The smallest absolute Gasteiger partial charge is 0.238 e. The average molecular weight is 283 g/mol. The number of carbonyl (C=O) groups excluding carboxylic acids is 2. The summed E-state index contributed by atoms with van der Waals surface area (Å²) in [5.74, 6) is 1.23. The maximum Gasteiger partial charge on any atom is 0.238 e. The number of imide groups is 1. The third-order valence-corrected chi connectivity index (χ3v) is 5.08. The molecule has 0 N–H and O–H groups in total. The Morgan fingerprint density at radius 1 is 0.952 bits per heavy atom. The van der Waals surface area contributed by atoms with Crippen LogP contribution in [0.3, 0.4) is 0 Å². The summed E-state index contributed by atoms with van der Waals surface area (Å²) in [6, 6.07) is 5.22. The predicted molar refractivity (Wildman–Crippen MR) is 72.8 cm³/mol. The number of allylic oxidation sites excluding steroid dienone is 2. The van der Waals surface area contributed by atoms with E-state index in [1.807, 2.05) is 0 Å². The Hall–Kier alpha value is -2.30. The minimum absolute atomic E-state index is 0.0688. The zero-order chi connectivity index (χ0) is 14.1. The van der Waals surface area contributed by atoms with Gasteiger partial charge < -0.3 is 9.47 Å². The van der Waals surface area contributed by atoms with Crippen molar-refractivity contribution in [3.05, 3.63) is 30.4 Å². The van der Waals surface area contributed by atoms with Gasteiger partial charge >= 0.3 is 0 Å². The summed E-state index contributed by atoms with van der Waals surface area (Å²) < 4.78 is 10.6. The number of anilines is 1. The summed E-state index contributed by atoms with van der Waals surface area (Å²) in [6.07, 6.45) is 5.14. The molecule has 1 saturated heterocycles. The van der Waals surface area contributed by atoms with Crippen LogP contribution in [-0.4, -0.2) is 18.6 Å². The van der Waals surface area contributed by atoms with Gasteiger partial charge in [-0.05, 0) is 30.4 Å². The van der Waals surface area contributed by atoms with Gasteiger partial charge in [-0.25, -0.2) is 4.90 Å². The fourth-order valence-electron chi connectivity index (χ4n) is 4.18. The fourth-order valence-corrected chi connectivity index (χ4v) is 4.18. The molecule has 4 atom stereocenters. The highest BCUT2D eigenvalue weighted by atomic mass is 16.7. The summed E-state index contributed by atoms with van der Waals surface area (Å²) in [7, 11) is 0. The standard InChI is InChI=1S/C16H13NO4/c18-15-13-8-1-2-9(5-8)14(13)16(19)17(15)10-3-4-11-12(6-10)21-7-20-11/h1-4,6,8-9,13-14H,5,7H2/t8-,9+,13-,14-/m0/s1. The summed E-state index contributed by atoms with van der Waals surface area (Å²) in [5.41, 5.74) is 0.586. The van der Waals surface area contributed by atoms with Crippen LogP contribution in [0, 0.1) is 23.7 Å². The van der Waals surface area contributed by atoms with Crippen molar-refractivity contribution < 1.29 is 19.1 Å². The van der Waals surface area contributed by atoms with Crippen molar-refractivity contribution in [2.75, 3.05) is 11.7 Å². The number of ether oxygens (including phenoxy) is 2. The molecule has 1 aromatic carbocycles. The van der Waals surface area contributed by atoms with Crippen molar-refractivity contribution in [2.24, 2.45) is 23.7 Å². The predicted octanol–water partition coefficient (Wildman–Crippen LogP) is 1.73. The molecule has 0 spiro atoms. The van der Waals surface area contributed by atoms with Gasteiger partial charge in [0.05, 0.1) is 17.5 Å². The zero-order valence-corrected chi connectivity index (χ0v) is 11.2. The van der Waals surface area contributed by atoms with Crippen LogP contribution < -0.4 is 14.4 Å². The van der Waals surface area contributed by atoms with Crippen LogP contribution >= 0.6 is 0 Å². The second-order valence-electron chi connectivity index (χ2n) is 6.05. The van der Waals surface area contributed by atoms with Gasteiger partial charge in [-0.15, -0.1) is 0 Å². The first-order valence-corrected chi connectivity index (χ1v) is 7.20. The van der Waals surface area contributed by atoms with Gasteiger partial charge in [-0.2, -0.15) is 0 Å². The minimum Gasteiger partial charge on any atom is -0.454 e. The molecule has 5 nitrogen and oxygen atoms in total. The summed E-state index contributed by atoms with van der Waals surface area (Å²) in [6.45, 7) is 0.181. The van der Waals surface area contributed by atoms with Crippen molar-refractivity contribution in [1.82, 2.24) is 0 Å². The third kappa shape index (κ3) is 1.31. The van der Waals surface area contributed by atoms with E-state index in [-0.39, 0.29) is 42.3 Å². The molecule has 2 bridgehead atoms. The van der Waals surface area contributed by atoms with E-state index in [0.717, 1.165) is 6.42 Å². The Morgan fingerprint density at radius 2 is 1.62 bits per heavy atom. The van der Waals surface area contributed by atoms with Crippen molar-refractivity contribution >= 4 is 17.5 Å². The maximum atomic E-state index is 12.7. The lowest BCUT2D eigenvalue weighted by atomic mass is 9.85. The fraction of sp³-hybridized carbons (Fsp3) is 0.375. The number of hydrogen-bond acceptors (Lipinski definition) is 4. The molecule has 2 heterocycles. The first-order chi connectivity index (χ1) is 10.2. The molecule has 0 unspecified atom stereocenters. The molecular weight excluding hydrogens is 270 g/mol. The molecule has 0 aromatic heterocycles. The van der Waals surface area contributed by atoms with Gasteiger partial charge in [0.2, 0.25) is 18.6 Å². The molecule has 2 fully saturated rings. The van der Waals surface area contributed by atoms with Gasteiger partial charge in [-0.3, -0.25) is 9.59 Å². The molecule has 106 valence electrons. The van der Waals surface area contributed by atoms with Crippen LogP contribution in [0.1, 0.15) is 6.42 Å². The first-order valence-electron chi connectivity index (χ1n) is 7.20. The molecule has 1 saturated carbocycles. The molecule has 2 aliphatic carbocycles. The summed E-state index contributed by atoms with van der Waals surface area (Å²) in [5, 5.41) is 0. The molecule has 5 rings (SSSR count). The third-order valence-electron chi connectivity index (χ3n) is 5.08. The number of carbonyl (C=O) groups is 2. The highest BCUT2D eigenvalue weighted by Crippen LogP contribution is 2.53. The Kier molecular flexibility index (Phi) is 1.98. The van der Waals surface area contributed by atoms with E-state index in [2.05, 4.69) is 12.2 Å². The highest BCUT2D eigenvalue weighted by Gasteiger charge is 2.59. The normalized spacial score (nSPS) is 35.0. The van der Waals surface area contributed by atoms with Crippen LogP contribution in [0.2, 0.25) is 0 Å². The minimum atomic E-state index is -0.169. The van der Waals surface area contributed by atoms with E-state index in [9.17, 15) is 9.59 Å². The second-order valence-corrected chi connectivity index (χ2v) is 6.05. The maximum absolute atomic E-state index is 12.7. The Labute approximate surface area is 121 Å². The van der Waals surface area contributed by atoms with Crippen LogP contribution in [0.5, 0.6) is 11.5 Å². The lowest BCUT2D eigenvalue weighted by Crippen LogP contribution is -2.32. The van der Waals surface area contributed by atoms with Crippen molar-refractivity contribution in [2.45, 2.75) is 6.42 Å². The summed E-state index contributed by atoms with van der Waals surface area (Å²) >= 11 is 0. The van der Waals surface area contributed by atoms with Gasteiger partial charge in [0.15, 0.2) is 11.5 Å². The van der Waals surface area contributed by atoms with E-state index in [1.165, 1.54) is 4.90 Å². The quantitative estimate of drug-likeness (QED) is 0.582. The molecule has 5 heteroatoms. The molecule has 21 heavy (non-hydrogen) atoms. The topological polar surface area (TPSA) is 55.8 Å². The Morgan fingerprint density at radius 3 is 2.33 bits per heavy atom. The van der Waals surface area contributed by atoms with Crippen molar-refractivity contribution in [3.63, 3.8) is 0 Å². The Balaban J connectivity index is 1.56. The van der Waals surface area contributed by atoms with E-state index in [1.54, 1.807) is 18.2 Å². The zero-order valence-electron chi connectivity index (χ0n) is 11.2. The van der Waals surface area contributed by atoms with Crippen LogP contribution in [-0.2, 0) is 9.59 Å². The van der Waals surface area contributed by atoms with Crippen molar-refractivity contribution in [3.8, 4) is 11.5 Å². The molecule has 2 aliphatic heterocycles. The van der Waals surface area contributed by atoms with Crippen molar-refractivity contribution in [1.29, 1.82) is 0 Å². The molecule has 2 amide bonds. The number of rotatable bonds is 1. The SMILES string of the molecule is O=C1[C@@H]2[C@@H](C(=O)N1c1ccc3c(c1)OCO3)[C@H]1C=C[C@@H]2C1. The number of hydrogen-bond donors (Lipinski definition) is 0. The lowest BCUT2D eigenvalue weighted by Gasteiger charge is -2.17. The first kappa shape index (κ1) is 11.4. The molecule has 1 aromatic rings. The molecule has 0 radical (unpaired) electrons. The number of nitrogens with zero attached hydrogens (tertiary/aromatic N) is 1. The van der Waals surface area contributed by atoms with E-state index in [4.69, 9.17) is 9.47 Å². The second kappa shape index (κ2) is 3.67. The van der Waals surface area contributed by atoms with E-state index in [0.29, 0.717) is 17.2 Å². The molecular formula is C16H13NO4. The van der Waals surface area contributed by atoms with Gasteiger partial charge in [0.1, 0.15) is 0 Å². The van der Waals surface area contributed by atoms with Crippen LogP contribution in [0.15, 0.2) is 30.4 Å². The van der Waals surface area contributed by atoms with Crippen LogP contribution in [0.25, 0.3) is 0 Å². The lowest BCUT2D eigenvalue weighted by molar-refractivity contribution is -0.123. The molecule has 4 aliphatic rings. The highest BCUT2D eigenvalue weighted by molar-refractivity contribution is 6.22. The number of fused-ring (bicyclic) bond motifs is 6. The van der Waals surface area contributed by atoms with Crippen LogP contribution in [0.4, 0.5) is 5.69 Å². The largest absolute Gasteiger partial charge is 0.454 e. The van der Waals surface area contributed by atoms with Gasteiger partial charge in [0.25, 0.3) is 0 Å². The van der Waals surface area contributed by atoms with Gasteiger partial charge in [0, 0.05) is 6.07 Å². The van der Waals surface area contributed by atoms with Gasteiger partial charge in [-0.1, -0.05) is 12.2 Å². The monoisotopic (exact) mass is 283 g/mol. The number of amides is 2.